The topological polar surface area (TPSA) is 58.2 Å². The van der Waals surface area contributed by atoms with E-state index in [1.807, 2.05) is 11.0 Å². The van der Waals surface area contributed by atoms with Crippen molar-refractivity contribution in [2.45, 2.75) is 13.0 Å². The highest BCUT2D eigenvalue weighted by atomic mass is 35.5. The lowest BCUT2D eigenvalue weighted by atomic mass is 10.0. The Labute approximate surface area is 156 Å². The zero-order valence-electron chi connectivity index (χ0n) is 13.6. The van der Waals surface area contributed by atoms with E-state index in [-0.39, 0.29) is 18.3 Å². The third-order valence-electron chi connectivity index (χ3n) is 4.42. The Morgan fingerprint density at radius 2 is 2.08 bits per heavy atom. The molecule has 0 aliphatic carbocycles. The number of hydrogen-bond acceptors (Lipinski definition) is 3. The molecule has 0 fully saturated rings. The molecule has 0 saturated carbocycles. The van der Waals surface area contributed by atoms with Gasteiger partial charge in [-0.15, -0.1) is 12.4 Å². The van der Waals surface area contributed by atoms with Crippen LogP contribution in [0.2, 0.25) is 5.02 Å². The molecular weight excluding hydrogens is 361 g/mol. The predicted molar refractivity (Wildman–Crippen MR) is 99.8 cm³/mol. The van der Waals surface area contributed by atoms with E-state index in [4.69, 9.17) is 16.3 Å². The van der Waals surface area contributed by atoms with E-state index in [2.05, 4.69) is 9.97 Å². The molecule has 4 rings (SSSR count). The summed E-state index contributed by atoms with van der Waals surface area (Å²) in [5.41, 5.74) is 3.73. The van der Waals surface area contributed by atoms with Gasteiger partial charge in [-0.05, 0) is 30.3 Å². The summed E-state index contributed by atoms with van der Waals surface area (Å²) < 4.78 is 5.14. The second-order valence-corrected chi connectivity index (χ2v) is 6.27. The molecule has 0 atom stereocenters. The van der Waals surface area contributed by atoms with E-state index < -0.39 is 0 Å². The Morgan fingerprint density at radius 1 is 1.32 bits per heavy atom. The molecule has 25 heavy (non-hydrogen) atoms. The number of fused-ring (bicyclic) bond motifs is 3. The number of benzene rings is 1. The van der Waals surface area contributed by atoms with Crippen LogP contribution in [0.25, 0.3) is 11.0 Å². The smallest absolute Gasteiger partial charge is 0.254 e. The Bertz CT molecular complexity index is 922. The van der Waals surface area contributed by atoms with Gasteiger partial charge in [0.15, 0.2) is 0 Å². The van der Waals surface area contributed by atoms with Crippen molar-refractivity contribution in [2.75, 3.05) is 13.7 Å². The average Bonchev–Trinajstić information content (AvgIpc) is 2.98. The Morgan fingerprint density at radius 3 is 2.80 bits per heavy atom. The highest BCUT2D eigenvalue weighted by Crippen LogP contribution is 2.29. The third kappa shape index (κ3) is 3.17. The minimum atomic E-state index is 0. The van der Waals surface area contributed by atoms with Crippen molar-refractivity contribution >= 4 is 40.9 Å². The first-order valence-corrected chi connectivity index (χ1v) is 8.12. The highest BCUT2D eigenvalue weighted by molar-refractivity contribution is 6.31. The van der Waals surface area contributed by atoms with E-state index in [0.29, 0.717) is 23.7 Å². The number of rotatable bonds is 2. The SMILES string of the molecule is COc1ccc(C(=O)N2CCc3[nH]c4ncc(Cl)cc4c3C2)cc1.Cl. The van der Waals surface area contributed by atoms with Gasteiger partial charge in [0.05, 0.1) is 12.1 Å². The van der Waals surface area contributed by atoms with Crippen LogP contribution in [0.1, 0.15) is 21.6 Å². The van der Waals surface area contributed by atoms with Crippen molar-refractivity contribution < 1.29 is 9.53 Å². The number of H-pyrrole nitrogens is 1. The number of amides is 1. The minimum Gasteiger partial charge on any atom is -0.497 e. The first-order valence-electron chi connectivity index (χ1n) is 7.74. The number of halogens is 2. The van der Waals surface area contributed by atoms with Gasteiger partial charge in [0.25, 0.3) is 5.91 Å². The fourth-order valence-electron chi connectivity index (χ4n) is 3.15. The summed E-state index contributed by atoms with van der Waals surface area (Å²) in [6, 6.07) is 9.10. The number of nitrogens with one attached hydrogen (secondary N) is 1. The standard InChI is InChI=1S/C18H16ClN3O2.ClH/c1-24-13-4-2-11(3-5-13)18(23)22-7-6-16-15(10-22)14-8-12(19)9-20-17(14)21-16;/h2-5,8-9H,6-7,10H2,1H3,(H,20,21);1H. The molecule has 1 amide bonds. The molecule has 0 radical (unpaired) electrons. The number of carbonyl (C=O) groups is 1. The molecule has 0 saturated heterocycles. The molecule has 0 bridgehead atoms. The van der Waals surface area contributed by atoms with Crippen molar-refractivity contribution in [3.63, 3.8) is 0 Å². The highest BCUT2D eigenvalue weighted by Gasteiger charge is 2.25. The second-order valence-electron chi connectivity index (χ2n) is 5.84. The zero-order chi connectivity index (χ0) is 16.7. The van der Waals surface area contributed by atoms with Gasteiger partial charge in [-0.25, -0.2) is 4.98 Å². The number of pyridine rings is 1. The second kappa shape index (κ2) is 6.94. The van der Waals surface area contributed by atoms with Crippen molar-refractivity contribution in [3.8, 4) is 5.75 Å². The molecule has 1 N–H and O–H groups in total. The molecule has 1 aromatic carbocycles. The summed E-state index contributed by atoms with van der Waals surface area (Å²) in [4.78, 5) is 22.3. The molecule has 3 aromatic rings. The van der Waals surface area contributed by atoms with Crippen LogP contribution in [0.3, 0.4) is 0 Å². The maximum Gasteiger partial charge on any atom is 0.254 e. The van der Waals surface area contributed by atoms with E-state index >= 15 is 0 Å². The molecule has 130 valence electrons. The number of ether oxygens (including phenoxy) is 1. The quantitative estimate of drug-likeness (QED) is 0.737. The molecule has 0 unspecified atom stereocenters. The first-order chi connectivity index (χ1) is 11.7. The molecule has 3 heterocycles. The van der Waals surface area contributed by atoms with Crippen LogP contribution in [-0.4, -0.2) is 34.4 Å². The van der Waals surface area contributed by atoms with Gasteiger partial charge in [0.1, 0.15) is 11.4 Å². The fraction of sp³-hybridized carbons (Fsp3) is 0.222. The minimum absolute atomic E-state index is 0. The third-order valence-corrected chi connectivity index (χ3v) is 4.62. The van der Waals surface area contributed by atoms with Crippen LogP contribution < -0.4 is 4.74 Å². The first kappa shape index (κ1) is 17.6. The van der Waals surface area contributed by atoms with Crippen LogP contribution >= 0.6 is 24.0 Å². The van der Waals surface area contributed by atoms with Crippen LogP contribution in [0, 0.1) is 0 Å². The van der Waals surface area contributed by atoms with Gasteiger partial charge in [0.2, 0.25) is 0 Å². The van der Waals surface area contributed by atoms with Crippen LogP contribution in [0.5, 0.6) is 5.75 Å². The van der Waals surface area contributed by atoms with E-state index in [9.17, 15) is 4.79 Å². The van der Waals surface area contributed by atoms with Gasteiger partial charge in [-0.2, -0.15) is 0 Å². The summed E-state index contributed by atoms with van der Waals surface area (Å²) in [7, 11) is 1.61. The monoisotopic (exact) mass is 377 g/mol. The molecule has 7 heteroatoms. The molecule has 1 aliphatic rings. The Balaban J connectivity index is 0.00000182. The number of hydrogen-bond donors (Lipinski definition) is 1. The van der Waals surface area contributed by atoms with Crippen LogP contribution in [-0.2, 0) is 13.0 Å². The molecule has 1 aliphatic heterocycles. The lowest BCUT2D eigenvalue weighted by Gasteiger charge is -2.27. The summed E-state index contributed by atoms with van der Waals surface area (Å²) in [6.07, 6.45) is 2.41. The number of nitrogens with zero attached hydrogens (tertiary/aromatic N) is 2. The van der Waals surface area contributed by atoms with Crippen LogP contribution in [0.4, 0.5) is 0 Å². The van der Waals surface area contributed by atoms with Gasteiger partial charge in [-0.1, -0.05) is 11.6 Å². The summed E-state index contributed by atoms with van der Waals surface area (Å²) in [5, 5.41) is 1.59. The van der Waals surface area contributed by atoms with E-state index in [0.717, 1.165) is 34.5 Å². The van der Waals surface area contributed by atoms with Gasteiger partial charge < -0.3 is 14.6 Å². The Kier molecular flexibility index (Phi) is 4.88. The van der Waals surface area contributed by atoms with Crippen molar-refractivity contribution in [1.82, 2.24) is 14.9 Å². The molecule has 0 spiro atoms. The summed E-state index contributed by atoms with van der Waals surface area (Å²) in [6.45, 7) is 1.24. The van der Waals surface area contributed by atoms with E-state index in [1.165, 1.54) is 0 Å². The van der Waals surface area contributed by atoms with Crippen molar-refractivity contribution in [1.29, 1.82) is 0 Å². The Hall–Kier alpha value is -2.24. The average molecular weight is 378 g/mol. The normalized spacial score (nSPS) is 13.3. The lowest BCUT2D eigenvalue weighted by molar-refractivity contribution is 0.0735. The van der Waals surface area contributed by atoms with Gasteiger partial charge in [-0.3, -0.25) is 4.79 Å². The number of methoxy groups -OCH3 is 1. The maximum atomic E-state index is 12.8. The van der Waals surface area contributed by atoms with Crippen molar-refractivity contribution in [3.05, 3.63) is 58.4 Å². The lowest BCUT2D eigenvalue weighted by Crippen LogP contribution is -2.35. The van der Waals surface area contributed by atoms with Gasteiger partial charge >= 0.3 is 0 Å². The predicted octanol–water partition coefficient (Wildman–Crippen LogP) is 3.85. The molecule has 5 nitrogen and oxygen atoms in total. The summed E-state index contributed by atoms with van der Waals surface area (Å²) >= 11 is 6.07. The number of aromatic amines is 1. The molecular formula is C18H17Cl2N3O2. The zero-order valence-corrected chi connectivity index (χ0v) is 15.2. The van der Waals surface area contributed by atoms with Gasteiger partial charge in [0, 0.05) is 47.9 Å². The largest absolute Gasteiger partial charge is 0.497 e. The number of carbonyl (C=O) groups excluding carboxylic acids is 1. The van der Waals surface area contributed by atoms with Crippen molar-refractivity contribution in [2.24, 2.45) is 0 Å². The molecule has 2 aromatic heterocycles. The maximum absolute atomic E-state index is 12.8. The number of aromatic nitrogens is 2. The summed E-state index contributed by atoms with van der Waals surface area (Å²) in [5.74, 6) is 0.762. The van der Waals surface area contributed by atoms with E-state index in [1.54, 1.807) is 37.6 Å². The fourth-order valence-corrected chi connectivity index (χ4v) is 3.31. The van der Waals surface area contributed by atoms with Crippen LogP contribution in [0.15, 0.2) is 36.5 Å².